The summed E-state index contributed by atoms with van der Waals surface area (Å²) in [6, 6.07) is 9.97. The predicted octanol–water partition coefficient (Wildman–Crippen LogP) is 3.02. The number of piperidine rings is 1. The average Bonchev–Trinajstić information content (AvgIpc) is 2.69. The first-order chi connectivity index (χ1) is 8.76. The molecule has 2 fully saturated rings. The van der Waals surface area contributed by atoms with Gasteiger partial charge in [-0.2, -0.15) is 5.26 Å². The van der Waals surface area contributed by atoms with Gasteiger partial charge in [0.1, 0.15) is 6.07 Å². The molecule has 4 heteroatoms. The summed E-state index contributed by atoms with van der Waals surface area (Å²) in [7, 11) is 0. The molecule has 2 atom stereocenters. The molecule has 1 aromatic rings. The second kappa shape index (κ2) is 4.91. The third-order valence-corrected chi connectivity index (χ3v) is 4.62. The van der Waals surface area contributed by atoms with Crippen LogP contribution in [0.3, 0.4) is 0 Å². The minimum absolute atomic E-state index is 0.491. The Bertz CT molecular complexity index is 482. The second-order valence-electron chi connectivity index (χ2n) is 5.22. The molecule has 0 spiro atoms. The first-order valence-electron chi connectivity index (χ1n) is 6.47. The molecule has 2 unspecified atom stereocenters. The molecule has 2 aliphatic heterocycles. The zero-order valence-corrected chi connectivity index (χ0v) is 11.7. The molecular formula is C14H16BrN3. The fraction of sp³-hybridized carbons (Fsp3) is 0.500. The van der Waals surface area contributed by atoms with Gasteiger partial charge < -0.3 is 10.6 Å². The zero-order valence-electron chi connectivity index (χ0n) is 10.1. The Kier molecular flexibility index (Phi) is 3.27. The van der Waals surface area contributed by atoms with Gasteiger partial charge in [-0.3, -0.25) is 0 Å². The number of benzene rings is 1. The lowest BCUT2D eigenvalue weighted by atomic mass is 9.99. The molecule has 2 saturated heterocycles. The van der Waals surface area contributed by atoms with Crippen LogP contribution in [0.5, 0.6) is 0 Å². The minimum Gasteiger partial charge on any atom is -0.381 e. The standard InChI is InChI=1S/C14H16BrN3/c15-13-2-1-3-14(12(13)8-16)18-11-6-9-4-5-10(7-11)17-9/h1-3,9-11,17-18H,4-7H2. The normalized spacial score (nSPS) is 29.9. The molecule has 3 rings (SSSR count). The van der Waals surface area contributed by atoms with Crippen LogP contribution in [0, 0.1) is 11.3 Å². The first kappa shape index (κ1) is 12.0. The van der Waals surface area contributed by atoms with Gasteiger partial charge in [-0.15, -0.1) is 0 Å². The number of halogens is 1. The van der Waals surface area contributed by atoms with Crippen LogP contribution in [0.15, 0.2) is 22.7 Å². The van der Waals surface area contributed by atoms with Crippen molar-refractivity contribution in [2.24, 2.45) is 0 Å². The monoisotopic (exact) mass is 305 g/mol. The number of rotatable bonds is 2. The van der Waals surface area contributed by atoms with E-state index in [0.29, 0.717) is 23.7 Å². The Labute approximate surface area is 116 Å². The molecular weight excluding hydrogens is 290 g/mol. The molecule has 1 aromatic carbocycles. The van der Waals surface area contributed by atoms with Crippen LogP contribution in [0.1, 0.15) is 31.2 Å². The molecule has 3 nitrogen and oxygen atoms in total. The molecule has 0 amide bonds. The Morgan fingerprint density at radius 2 is 2.00 bits per heavy atom. The molecule has 0 radical (unpaired) electrons. The first-order valence-corrected chi connectivity index (χ1v) is 7.27. The quantitative estimate of drug-likeness (QED) is 0.883. The van der Waals surface area contributed by atoms with Crippen molar-refractivity contribution in [2.45, 2.75) is 43.8 Å². The van der Waals surface area contributed by atoms with E-state index in [9.17, 15) is 5.26 Å². The van der Waals surface area contributed by atoms with Gasteiger partial charge in [0.05, 0.1) is 11.3 Å². The van der Waals surface area contributed by atoms with E-state index in [1.54, 1.807) is 0 Å². The van der Waals surface area contributed by atoms with E-state index >= 15 is 0 Å². The van der Waals surface area contributed by atoms with Crippen molar-refractivity contribution in [1.82, 2.24) is 5.32 Å². The molecule has 2 N–H and O–H groups in total. The summed E-state index contributed by atoms with van der Waals surface area (Å²) in [6.07, 6.45) is 4.92. The lowest BCUT2D eigenvalue weighted by Gasteiger charge is -2.30. The highest BCUT2D eigenvalue weighted by atomic mass is 79.9. The van der Waals surface area contributed by atoms with Crippen molar-refractivity contribution in [3.63, 3.8) is 0 Å². The predicted molar refractivity (Wildman–Crippen MR) is 75.4 cm³/mol. The van der Waals surface area contributed by atoms with Crippen molar-refractivity contribution in [3.8, 4) is 6.07 Å². The summed E-state index contributed by atoms with van der Waals surface area (Å²) in [6.45, 7) is 0. The lowest BCUT2D eigenvalue weighted by Crippen LogP contribution is -2.43. The van der Waals surface area contributed by atoms with Crippen LogP contribution in [0.4, 0.5) is 5.69 Å². The number of fused-ring (bicyclic) bond motifs is 2. The topological polar surface area (TPSA) is 47.9 Å². The average molecular weight is 306 g/mol. The Balaban J connectivity index is 1.77. The van der Waals surface area contributed by atoms with Gasteiger partial charge in [0.2, 0.25) is 0 Å². The number of nitriles is 1. The summed E-state index contributed by atoms with van der Waals surface area (Å²) in [4.78, 5) is 0. The fourth-order valence-corrected chi connectivity index (χ4v) is 3.61. The van der Waals surface area contributed by atoms with Gasteiger partial charge >= 0.3 is 0 Å². The molecule has 94 valence electrons. The molecule has 0 saturated carbocycles. The summed E-state index contributed by atoms with van der Waals surface area (Å²) in [5.41, 5.74) is 1.67. The molecule has 2 aliphatic rings. The van der Waals surface area contributed by atoms with E-state index in [1.807, 2.05) is 18.2 Å². The largest absolute Gasteiger partial charge is 0.381 e. The number of nitrogens with one attached hydrogen (secondary N) is 2. The van der Waals surface area contributed by atoms with Gasteiger partial charge in [0.15, 0.2) is 0 Å². The number of anilines is 1. The lowest BCUT2D eigenvalue weighted by molar-refractivity contribution is 0.378. The number of nitrogens with zero attached hydrogens (tertiary/aromatic N) is 1. The van der Waals surface area contributed by atoms with E-state index in [-0.39, 0.29) is 0 Å². The SMILES string of the molecule is N#Cc1c(Br)cccc1NC1CC2CCC(C1)N2. The van der Waals surface area contributed by atoms with Crippen LogP contribution >= 0.6 is 15.9 Å². The highest BCUT2D eigenvalue weighted by Crippen LogP contribution is 2.31. The van der Waals surface area contributed by atoms with Crippen LogP contribution in [-0.2, 0) is 0 Å². The van der Waals surface area contributed by atoms with Gasteiger partial charge in [0.25, 0.3) is 0 Å². The fourth-order valence-electron chi connectivity index (χ4n) is 3.15. The van der Waals surface area contributed by atoms with Gasteiger partial charge in [-0.25, -0.2) is 0 Å². The third kappa shape index (κ3) is 2.25. The van der Waals surface area contributed by atoms with Crippen molar-refractivity contribution in [1.29, 1.82) is 5.26 Å². The summed E-state index contributed by atoms with van der Waals surface area (Å²) < 4.78 is 0.868. The number of hydrogen-bond donors (Lipinski definition) is 2. The Morgan fingerprint density at radius 3 is 2.67 bits per heavy atom. The van der Waals surface area contributed by atoms with E-state index in [4.69, 9.17) is 0 Å². The second-order valence-corrected chi connectivity index (χ2v) is 6.08. The van der Waals surface area contributed by atoms with Crippen LogP contribution < -0.4 is 10.6 Å². The maximum absolute atomic E-state index is 9.21. The highest BCUT2D eigenvalue weighted by molar-refractivity contribution is 9.10. The maximum Gasteiger partial charge on any atom is 0.103 e. The van der Waals surface area contributed by atoms with E-state index in [2.05, 4.69) is 32.6 Å². The van der Waals surface area contributed by atoms with Gasteiger partial charge in [-0.1, -0.05) is 6.07 Å². The van der Waals surface area contributed by atoms with Crippen molar-refractivity contribution in [2.75, 3.05) is 5.32 Å². The van der Waals surface area contributed by atoms with Crippen LogP contribution in [0.2, 0.25) is 0 Å². The summed E-state index contributed by atoms with van der Waals surface area (Å²) >= 11 is 3.43. The van der Waals surface area contributed by atoms with Crippen molar-refractivity contribution >= 4 is 21.6 Å². The molecule has 0 aliphatic carbocycles. The van der Waals surface area contributed by atoms with Crippen molar-refractivity contribution in [3.05, 3.63) is 28.2 Å². The van der Waals surface area contributed by atoms with Crippen LogP contribution in [-0.4, -0.2) is 18.1 Å². The van der Waals surface area contributed by atoms with E-state index < -0.39 is 0 Å². The van der Waals surface area contributed by atoms with Crippen molar-refractivity contribution < 1.29 is 0 Å². The zero-order chi connectivity index (χ0) is 12.5. The van der Waals surface area contributed by atoms with E-state index in [0.717, 1.165) is 23.0 Å². The van der Waals surface area contributed by atoms with Gasteiger partial charge in [0, 0.05) is 22.6 Å². The molecule has 2 heterocycles. The summed E-state index contributed by atoms with van der Waals surface area (Å²) in [5.74, 6) is 0. The third-order valence-electron chi connectivity index (χ3n) is 3.96. The molecule has 18 heavy (non-hydrogen) atoms. The molecule has 0 aromatic heterocycles. The Hall–Kier alpha value is -1.05. The number of hydrogen-bond acceptors (Lipinski definition) is 3. The maximum atomic E-state index is 9.21. The van der Waals surface area contributed by atoms with Gasteiger partial charge in [-0.05, 0) is 53.7 Å². The minimum atomic E-state index is 0.491. The highest BCUT2D eigenvalue weighted by Gasteiger charge is 2.33. The molecule has 2 bridgehead atoms. The summed E-state index contributed by atoms with van der Waals surface area (Å²) in [5, 5.41) is 16.4. The van der Waals surface area contributed by atoms with Crippen LogP contribution in [0.25, 0.3) is 0 Å². The Morgan fingerprint density at radius 1 is 1.28 bits per heavy atom. The van der Waals surface area contributed by atoms with E-state index in [1.165, 1.54) is 12.8 Å². The smallest absolute Gasteiger partial charge is 0.103 e.